The third kappa shape index (κ3) is 1.53. The largest absolute Gasteiger partial charge is 0.395 e. The van der Waals surface area contributed by atoms with Gasteiger partial charge in [0, 0.05) is 17.8 Å². The molecule has 0 amide bonds. The van der Waals surface area contributed by atoms with Crippen molar-refractivity contribution in [1.29, 1.82) is 0 Å². The molecule has 15 heavy (non-hydrogen) atoms. The van der Waals surface area contributed by atoms with Crippen LogP contribution in [0, 0.1) is 0 Å². The van der Waals surface area contributed by atoms with Gasteiger partial charge in [0.2, 0.25) is 0 Å². The second kappa shape index (κ2) is 3.35. The van der Waals surface area contributed by atoms with Crippen molar-refractivity contribution in [3.05, 3.63) is 30.0 Å². The predicted molar refractivity (Wildman–Crippen MR) is 60.8 cm³/mol. The standard InChI is InChI=1S/C12H16N2O/c1-12(2,8-15)11-9-6-4-5-7-10(9)14(3)13-11/h4-7,15H,8H2,1-3H3. The maximum absolute atomic E-state index is 9.37. The molecule has 0 aliphatic rings. The van der Waals surface area contributed by atoms with Crippen molar-refractivity contribution >= 4 is 10.9 Å². The molecule has 0 radical (unpaired) electrons. The monoisotopic (exact) mass is 204 g/mol. The lowest BCUT2D eigenvalue weighted by atomic mass is 9.88. The fourth-order valence-electron chi connectivity index (χ4n) is 1.79. The molecule has 0 saturated carbocycles. The molecule has 0 aliphatic heterocycles. The summed E-state index contributed by atoms with van der Waals surface area (Å²) < 4.78 is 1.86. The molecule has 0 saturated heterocycles. The van der Waals surface area contributed by atoms with Gasteiger partial charge in [-0.15, -0.1) is 0 Å². The molecule has 2 rings (SSSR count). The molecule has 1 aromatic heterocycles. The maximum Gasteiger partial charge on any atom is 0.0782 e. The third-order valence-electron chi connectivity index (χ3n) is 2.79. The van der Waals surface area contributed by atoms with Gasteiger partial charge in [-0.2, -0.15) is 5.10 Å². The van der Waals surface area contributed by atoms with Crippen LogP contribution < -0.4 is 0 Å². The Hall–Kier alpha value is -1.35. The van der Waals surface area contributed by atoms with E-state index in [4.69, 9.17) is 0 Å². The van der Waals surface area contributed by atoms with Gasteiger partial charge in [0.05, 0.1) is 17.8 Å². The van der Waals surface area contributed by atoms with E-state index in [0.29, 0.717) is 0 Å². The number of hydrogen-bond donors (Lipinski definition) is 1. The summed E-state index contributed by atoms with van der Waals surface area (Å²) in [7, 11) is 1.93. The number of nitrogens with zero attached hydrogens (tertiary/aromatic N) is 2. The number of aliphatic hydroxyl groups excluding tert-OH is 1. The Morgan fingerprint density at radius 2 is 2.00 bits per heavy atom. The summed E-state index contributed by atoms with van der Waals surface area (Å²) in [5.41, 5.74) is 1.78. The molecule has 0 unspecified atom stereocenters. The van der Waals surface area contributed by atoms with E-state index in [1.165, 1.54) is 0 Å². The molecule has 80 valence electrons. The van der Waals surface area contributed by atoms with Crippen molar-refractivity contribution in [1.82, 2.24) is 9.78 Å². The van der Waals surface area contributed by atoms with E-state index in [1.54, 1.807) is 0 Å². The van der Waals surface area contributed by atoms with E-state index >= 15 is 0 Å². The Labute approximate surface area is 89.3 Å². The van der Waals surface area contributed by atoms with E-state index in [-0.39, 0.29) is 12.0 Å². The van der Waals surface area contributed by atoms with E-state index in [0.717, 1.165) is 16.6 Å². The fourth-order valence-corrected chi connectivity index (χ4v) is 1.79. The van der Waals surface area contributed by atoms with Crippen LogP contribution >= 0.6 is 0 Å². The van der Waals surface area contributed by atoms with Gasteiger partial charge < -0.3 is 5.11 Å². The summed E-state index contributed by atoms with van der Waals surface area (Å²) in [6, 6.07) is 8.09. The van der Waals surface area contributed by atoms with Gasteiger partial charge in [-0.25, -0.2) is 0 Å². The first-order valence-electron chi connectivity index (χ1n) is 5.09. The van der Waals surface area contributed by atoms with Crippen molar-refractivity contribution in [2.45, 2.75) is 19.3 Å². The molecule has 0 aliphatic carbocycles. The summed E-state index contributed by atoms with van der Waals surface area (Å²) in [5, 5.41) is 15.0. The SMILES string of the molecule is Cn1nc(C(C)(C)CO)c2ccccc21. The first-order valence-corrected chi connectivity index (χ1v) is 5.09. The second-order valence-electron chi connectivity index (χ2n) is 4.53. The van der Waals surface area contributed by atoms with Crippen molar-refractivity contribution in [2.24, 2.45) is 7.05 Å². The van der Waals surface area contributed by atoms with Crippen molar-refractivity contribution in [3.8, 4) is 0 Å². The number of aryl methyl sites for hydroxylation is 1. The number of aromatic nitrogens is 2. The van der Waals surface area contributed by atoms with E-state index in [2.05, 4.69) is 11.2 Å². The smallest absolute Gasteiger partial charge is 0.0782 e. The lowest BCUT2D eigenvalue weighted by molar-refractivity contribution is 0.215. The molecule has 0 spiro atoms. The van der Waals surface area contributed by atoms with Crippen LogP contribution in [-0.2, 0) is 12.5 Å². The number of aliphatic hydroxyl groups is 1. The Morgan fingerprint density at radius 3 is 2.67 bits per heavy atom. The summed E-state index contributed by atoms with van der Waals surface area (Å²) in [5.74, 6) is 0. The Balaban J connectivity index is 2.72. The average molecular weight is 204 g/mol. The van der Waals surface area contributed by atoms with Gasteiger partial charge in [0.1, 0.15) is 0 Å². The lowest BCUT2D eigenvalue weighted by Gasteiger charge is -2.19. The van der Waals surface area contributed by atoms with Gasteiger partial charge in [-0.05, 0) is 6.07 Å². The van der Waals surface area contributed by atoms with E-state index in [9.17, 15) is 5.11 Å². The van der Waals surface area contributed by atoms with Crippen molar-refractivity contribution in [2.75, 3.05) is 6.61 Å². The number of para-hydroxylation sites is 1. The van der Waals surface area contributed by atoms with Crippen LogP contribution in [0.2, 0.25) is 0 Å². The minimum Gasteiger partial charge on any atom is -0.395 e. The summed E-state index contributed by atoms with van der Waals surface area (Å²) >= 11 is 0. The molecule has 0 atom stereocenters. The zero-order valence-electron chi connectivity index (χ0n) is 9.36. The quantitative estimate of drug-likeness (QED) is 0.810. The highest BCUT2D eigenvalue weighted by atomic mass is 16.3. The molecule has 0 bridgehead atoms. The van der Waals surface area contributed by atoms with Crippen molar-refractivity contribution < 1.29 is 5.11 Å². The Bertz CT molecular complexity index is 485. The number of fused-ring (bicyclic) bond motifs is 1. The maximum atomic E-state index is 9.37. The first kappa shape index (κ1) is 10.2. The highest BCUT2D eigenvalue weighted by molar-refractivity contribution is 5.82. The molecular formula is C12H16N2O. The molecule has 3 nitrogen and oxygen atoms in total. The van der Waals surface area contributed by atoms with Crippen LogP contribution in [0.15, 0.2) is 24.3 Å². The van der Waals surface area contributed by atoms with Crippen LogP contribution in [0.3, 0.4) is 0 Å². The van der Waals surface area contributed by atoms with E-state index < -0.39 is 0 Å². The van der Waals surface area contributed by atoms with Gasteiger partial charge in [0.25, 0.3) is 0 Å². The molecule has 2 aromatic rings. The van der Waals surface area contributed by atoms with Gasteiger partial charge in [-0.1, -0.05) is 32.0 Å². The zero-order chi connectivity index (χ0) is 11.1. The van der Waals surface area contributed by atoms with Gasteiger partial charge >= 0.3 is 0 Å². The number of hydrogen-bond acceptors (Lipinski definition) is 2. The molecular weight excluding hydrogens is 188 g/mol. The minimum absolute atomic E-state index is 0.105. The van der Waals surface area contributed by atoms with Crippen molar-refractivity contribution in [3.63, 3.8) is 0 Å². The minimum atomic E-state index is -0.291. The highest BCUT2D eigenvalue weighted by Gasteiger charge is 2.25. The van der Waals surface area contributed by atoms with Crippen LogP contribution in [0.4, 0.5) is 0 Å². The van der Waals surface area contributed by atoms with Crippen LogP contribution in [0.1, 0.15) is 19.5 Å². The lowest BCUT2D eigenvalue weighted by Crippen LogP contribution is -2.23. The Kier molecular flexibility index (Phi) is 2.27. The molecule has 1 heterocycles. The molecule has 3 heteroatoms. The predicted octanol–water partition coefficient (Wildman–Crippen LogP) is 1.84. The normalized spacial score (nSPS) is 12.3. The fraction of sp³-hybridized carbons (Fsp3) is 0.417. The summed E-state index contributed by atoms with van der Waals surface area (Å²) in [4.78, 5) is 0. The first-order chi connectivity index (χ1) is 7.06. The van der Waals surface area contributed by atoms with Crippen LogP contribution in [-0.4, -0.2) is 21.5 Å². The summed E-state index contributed by atoms with van der Waals surface area (Å²) in [6.45, 7) is 4.11. The molecule has 1 N–H and O–H groups in total. The number of rotatable bonds is 2. The van der Waals surface area contributed by atoms with Gasteiger partial charge in [-0.3, -0.25) is 4.68 Å². The van der Waals surface area contributed by atoms with Gasteiger partial charge in [0.15, 0.2) is 0 Å². The number of benzene rings is 1. The highest BCUT2D eigenvalue weighted by Crippen LogP contribution is 2.28. The molecule has 0 fully saturated rings. The van der Waals surface area contributed by atoms with Crippen LogP contribution in [0.5, 0.6) is 0 Å². The molecule has 1 aromatic carbocycles. The second-order valence-corrected chi connectivity index (χ2v) is 4.53. The van der Waals surface area contributed by atoms with E-state index in [1.807, 2.05) is 43.8 Å². The third-order valence-corrected chi connectivity index (χ3v) is 2.79. The topological polar surface area (TPSA) is 38.0 Å². The zero-order valence-corrected chi connectivity index (χ0v) is 9.36. The summed E-state index contributed by atoms with van der Waals surface area (Å²) in [6.07, 6.45) is 0. The van der Waals surface area contributed by atoms with Crippen LogP contribution in [0.25, 0.3) is 10.9 Å². The Morgan fingerprint density at radius 1 is 1.33 bits per heavy atom. The average Bonchev–Trinajstić information content (AvgIpc) is 2.58.